The van der Waals surface area contributed by atoms with E-state index in [0.717, 1.165) is 0 Å². The summed E-state index contributed by atoms with van der Waals surface area (Å²) in [5.41, 5.74) is 34.5. The Kier molecular flexibility index (Phi) is 12.4. The van der Waals surface area contributed by atoms with E-state index in [2.05, 4.69) is 247 Å². The molecule has 332 valence electrons. The van der Waals surface area contributed by atoms with Crippen molar-refractivity contribution in [3.8, 4) is 66.8 Å². The minimum atomic E-state index is -0.146. The van der Waals surface area contributed by atoms with Gasteiger partial charge in [0.1, 0.15) is 0 Å². The predicted molar refractivity (Wildman–Crippen MR) is 290 cm³/mol. The monoisotopic (exact) mass is 869 g/mol. The molecule has 0 fully saturated rings. The lowest BCUT2D eigenvalue weighted by Gasteiger charge is -2.26. The minimum Gasteiger partial charge on any atom is -0.0617 e. The number of hydrogen-bond donors (Lipinski definition) is 0. The van der Waals surface area contributed by atoms with Gasteiger partial charge in [0.05, 0.1) is 0 Å². The Morgan fingerprint density at radius 3 is 0.463 bits per heavy atom. The van der Waals surface area contributed by atoms with Gasteiger partial charge in [-0.05, 0) is 251 Å². The topological polar surface area (TPSA) is 0 Å². The second-order valence-corrected chi connectivity index (χ2v) is 19.6. The van der Waals surface area contributed by atoms with Crippen LogP contribution in [-0.2, 0) is 0 Å². The first kappa shape index (κ1) is 45.1. The molecule has 67 heavy (non-hydrogen) atoms. The molecule has 0 saturated heterocycles. The molecule has 0 unspecified atom stereocenters. The van der Waals surface area contributed by atoms with Crippen LogP contribution in [0.4, 0.5) is 0 Å². The van der Waals surface area contributed by atoms with Crippen LogP contribution in [0, 0.1) is 83.1 Å². The molecule has 0 N–H and O–H groups in total. The summed E-state index contributed by atoms with van der Waals surface area (Å²) in [7, 11) is 0. The normalized spacial score (nSPS) is 11.4. The Morgan fingerprint density at radius 2 is 0.328 bits per heavy atom. The lowest BCUT2D eigenvalue weighted by Crippen LogP contribution is -2.07. The Labute approximate surface area is 401 Å². The van der Waals surface area contributed by atoms with Gasteiger partial charge in [-0.3, -0.25) is 0 Å². The molecule has 0 aliphatic heterocycles. The lowest BCUT2D eigenvalue weighted by molar-refractivity contribution is 0.979. The zero-order valence-electron chi connectivity index (χ0n) is 41.7. The highest BCUT2D eigenvalue weighted by molar-refractivity contribution is 5.85. The summed E-state index contributed by atoms with van der Waals surface area (Å²) in [4.78, 5) is 0. The summed E-state index contributed by atoms with van der Waals surface area (Å²) in [6.07, 6.45) is 0. The van der Waals surface area contributed by atoms with E-state index < -0.39 is 0 Å². The van der Waals surface area contributed by atoms with E-state index in [-0.39, 0.29) is 5.92 Å². The molecule has 0 saturated carbocycles. The maximum Gasteiger partial charge on any atom is 0.0341 e. The van der Waals surface area contributed by atoms with Crippen molar-refractivity contribution in [2.45, 2.75) is 89.0 Å². The molecule has 0 heteroatoms. The van der Waals surface area contributed by atoms with E-state index in [1.165, 1.54) is 150 Å². The second kappa shape index (κ2) is 18.3. The van der Waals surface area contributed by atoms with Crippen molar-refractivity contribution in [3.63, 3.8) is 0 Å². The molecule has 9 rings (SSSR count). The molecule has 0 radical (unpaired) electrons. The van der Waals surface area contributed by atoms with Gasteiger partial charge >= 0.3 is 0 Å². The van der Waals surface area contributed by atoms with E-state index >= 15 is 0 Å². The summed E-state index contributed by atoms with van der Waals surface area (Å²) < 4.78 is 0. The van der Waals surface area contributed by atoms with Crippen molar-refractivity contribution in [2.75, 3.05) is 0 Å². The molecule has 0 aliphatic carbocycles. The first-order chi connectivity index (χ1) is 32.2. The maximum atomic E-state index is 2.52. The smallest absolute Gasteiger partial charge is 0.0341 e. The number of hydrogen-bond acceptors (Lipinski definition) is 0. The maximum absolute atomic E-state index is 2.52. The van der Waals surface area contributed by atoms with Gasteiger partial charge in [-0.2, -0.15) is 0 Å². The fraction of sp³-hybridized carbons (Fsp3) is 0.194. The number of benzene rings is 9. The van der Waals surface area contributed by atoms with Gasteiger partial charge in [0.2, 0.25) is 0 Å². The predicted octanol–water partition coefficient (Wildman–Crippen LogP) is 18.6. The van der Waals surface area contributed by atoms with E-state index in [1.807, 2.05) is 0 Å². The summed E-state index contributed by atoms with van der Waals surface area (Å²) in [5.74, 6) is -0.146. The van der Waals surface area contributed by atoms with Crippen LogP contribution < -0.4 is 0 Å². The largest absolute Gasteiger partial charge is 0.0617 e. The Bertz CT molecular complexity index is 2680. The van der Waals surface area contributed by atoms with Crippen LogP contribution in [0.5, 0.6) is 0 Å². The Balaban J connectivity index is 1.47. The van der Waals surface area contributed by atoms with Gasteiger partial charge in [0, 0.05) is 5.92 Å². The minimum absolute atomic E-state index is 0.146. The highest BCUT2D eigenvalue weighted by atomic mass is 14.3. The molecule has 0 nitrogen and oxygen atoms in total. The Morgan fingerprint density at radius 1 is 0.194 bits per heavy atom. The summed E-state index contributed by atoms with van der Waals surface area (Å²) >= 11 is 0. The van der Waals surface area contributed by atoms with E-state index in [1.54, 1.807) is 0 Å². The van der Waals surface area contributed by atoms with Crippen LogP contribution >= 0.6 is 0 Å². The third-order valence-corrected chi connectivity index (χ3v) is 14.5. The van der Waals surface area contributed by atoms with Gasteiger partial charge in [0.25, 0.3) is 0 Å². The average Bonchev–Trinajstić information content (AvgIpc) is 3.26. The van der Waals surface area contributed by atoms with Crippen LogP contribution in [0.3, 0.4) is 0 Å². The quantitative estimate of drug-likeness (QED) is 0.127. The molecule has 9 aromatic rings. The zero-order chi connectivity index (χ0) is 47.3. The third-order valence-electron chi connectivity index (χ3n) is 14.5. The van der Waals surface area contributed by atoms with E-state index in [0.29, 0.717) is 0 Å². The molecule has 9 aromatic carbocycles. The molecule has 0 aromatic heterocycles. The molecular weight excluding hydrogens is 805 g/mol. The molecule has 0 atom stereocenters. The van der Waals surface area contributed by atoms with Crippen LogP contribution in [0.1, 0.15) is 89.4 Å². The molecule has 0 bridgehead atoms. The number of aryl methyl sites for hydroxylation is 12. The van der Waals surface area contributed by atoms with E-state index in [4.69, 9.17) is 0 Å². The second-order valence-electron chi connectivity index (χ2n) is 19.6. The van der Waals surface area contributed by atoms with Crippen molar-refractivity contribution in [1.82, 2.24) is 0 Å². The van der Waals surface area contributed by atoms with Gasteiger partial charge < -0.3 is 0 Å². The van der Waals surface area contributed by atoms with Gasteiger partial charge in [-0.25, -0.2) is 0 Å². The average molecular weight is 869 g/mol. The molecule has 0 spiro atoms. The summed E-state index contributed by atoms with van der Waals surface area (Å²) in [6, 6.07) is 62.8. The fourth-order valence-corrected chi connectivity index (χ4v) is 11.5. The molecule has 0 aliphatic rings. The SMILES string of the molecule is Cc1cccc(C)c1-c1cc(-c2c(C)cccc2C)cc(C(c2cc(-c3c(C)cccc3C)cc(-c3c(C)cccc3C)c2)c2cc(-c3c(C)cccc3C)cc(-c3c(C)cccc3C)c2)c1. The van der Waals surface area contributed by atoms with Crippen molar-refractivity contribution in [2.24, 2.45) is 0 Å². The fourth-order valence-electron chi connectivity index (χ4n) is 11.5. The number of rotatable bonds is 9. The third kappa shape index (κ3) is 8.63. The van der Waals surface area contributed by atoms with Crippen LogP contribution in [0.15, 0.2) is 164 Å². The standard InChI is InChI=1S/C67H64/c1-40-19-13-20-41(2)61(40)52-31-53(62-42(3)21-14-22-43(62)4)35-58(34-52)67(59-36-54(63-44(5)23-15-24-45(63)6)32-55(37-59)64-46(7)25-16-26-47(64)8)60-38-56(65-48(9)27-17-28-49(65)10)33-57(39-60)66-50(11)29-18-30-51(66)12/h13-39,67H,1-12H3. The summed E-state index contributed by atoms with van der Waals surface area (Å²) in [6.45, 7) is 27.2. The Hall–Kier alpha value is -7.02. The van der Waals surface area contributed by atoms with Crippen LogP contribution in [0.25, 0.3) is 66.8 Å². The van der Waals surface area contributed by atoms with E-state index in [9.17, 15) is 0 Å². The van der Waals surface area contributed by atoms with Gasteiger partial charge in [-0.15, -0.1) is 0 Å². The van der Waals surface area contributed by atoms with Crippen LogP contribution in [-0.4, -0.2) is 0 Å². The lowest BCUT2D eigenvalue weighted by atomic mass is 9.77. The van der Waals surface area contributed by atoms with Crippen molar-refractivity contribution in [3.05, 3.63) is 247 Å². The van der Waals surface area contributed by atoms with Crippen molar-refractivity contribution < 1.29 is 0 Å². The zero-order valence-corrected chi connectivity index (χ0v) is 41.7. The van der Waals surface area contributed by atoms with Crippen LogP contribution in [0.2, 0.25) is 0 Å². The highest BCUT2D eigenvalue weighted by Gasteiger charge is 2.26. The molecular formula is C67H64. The van der Waals surface area contributed by atoms with Crippen molar-refractivity contribution >= 4 is 0 Å². The first-order valence-electron chi connectivity index (χ1n) is 24.0. The first-order valence-corrected chi connectivity index (χ1v) is 24.0. The van der Waals surface area contributed by atoms with Gasteiger partial charge in [-0.1, -0.05) is 146 Å². The molecule has 0 amide bonds. The highest BCUT2D eigenvalue weighted by Crippen LogP contribution is 2.46. The molecule has 0 heterocycles. The van der Waals surface area contributed by atoms with Gasteiger partial charge in [0.15, 0.2) is 0 Å². The van der Waals surface area contributed by atoms with Crippen molar-refractivity contribution in [1.29, 1.82) is 0 Å². The summed E-state index contributed by atoms with van der Waals surface area (Å²) in [5, 5.41) is 0.